The summed E-state index contributed by atoms with van der Waals surface area (Å²) < 4.78 is 4.96. The van der Waals surface area contributed by atoms with Crippen LogP contribution in [0.4, 0.5) is 0 Å². The van der Waals surface area contributed by atoms with Crippen LogP contribution in [0.25, 0.3) is 0 Å². The maximum Gasteiger partial charge on any atom is 0.269 e. The molecule has 0 aliphatic heterocycles. The first-order valence-corrected chi connectivity index (χ1v) is 5.96. The molecule has 0 bridgehead atoms. The molecule has 1 unspecified atom stereocenters. The van der Waals surface area contributed by atoms with E-state index >= 15 is 0 Å². The topological polar surface area (TPSA) is 117 Å². The number of H-pyrrole nitrogens is 1. The van der Waals surface area contributed by atoms with E-state index in [1.54, 1.807) is 13.2 Å². The number of amides is 1. The fraction of sp³-hybridized carbons (Fsp3) is 0.545. The number of nitrogens with one attached hydrogen (secondary N) is 3. The molecule has 0 saturated carbocycles. The molecule has 19 heavy (non-hydrogen) atoms. The van der Waals surface area contributed by atoms with Crippen LogP contribution in [0.2, 0.25) is 0 Å². The SMILES string of the molecule is COCC(C)NC(N)=NCCNC(=O)c1ccn[nH]1. The number of nitrogens with two attached hydrogens (primary N) is 1. The van der Waals surface area contributed by atoms with Gasteiger partial charge in [0.05, 0.1) is 13.2 Å². The van der Waals surface area contributed by atoms with Crippen LogP contribution in [0, 0.1) is 0 Å². The van der Waals surface area contributed by atoms with E-state index in [-0.39, 0.29) is 11.9 Å². The van der Waals surface area contributed by atoms with Crippen molar-refractivity contribution in [2.45, 2.75) is 13.0 Å². The molecular weight excluding hydrogens is 248 g/mol. The van der Waals surface area contributed by atoms with Crippen molar-refractivity contribution < 1.29 is 9.53 Å². The van der Waals surface area contributed by atoms with Crippen LogP contribution < -0.4 is 16.4 Å². The molecule has 8 heteroatoms. The Labute approximate surface area is 111 Å². The first kappa shape index (κ1) is 15.0. The van der Waals surface area contributed by atoms with Gasteiger partial charge in [0, 0.05) is 25.9 Å². The molecule has 5 N–H and O–H groups in total. The van der Waals surface area contributed by atoms with Gasteiger partial charge >= 0.3 is 0 Å². The van der Waals surface area contributed by atoms with Gasteiger partial charge in [-0.05, 0) is 13.0 Å². The minimum Gasteiger partial charge on any atom is -0.383 e. The molecule has 1 atom stereocenters. The summed E-state index contributed by atoms with van der Waals surface area (Å²) in [6, 6.07) is 1.69. The average molecular weight is 268 g/mol. The molecule has 8 nitrogen and oxygen atoms in total. The largest absolute Gasteiger partial charge is 0.383 e. The van der Waals surface area contributed by atoms with Crippen molar-refractivity contribution in [1.29, 1.82) is 0 Å². The molecule has 0 saturated heterocycles. The van der Waals surface area contributed by atoms with E-state index in [0.717, 1.165) is 0 Å². The molecule has 1 aromatic heterocycles. The molecule has 0 aromatic carbocycles. The van der Waals surface area contributed by atoms with Crippen molar-refractivity contribution >= 4 is 11.9 Å². The zero-order valence-electron chi connectivity index (χ0n) is 11.1. The molecule has 1 rings (SSSR count). The maximum absolute atomic E-state index is 11.5. The number of aromatic nitrogens is 2. The second-order valence-corrected chi connectivity index (χ2v) is 3.99. The smallest absolute Gasteiger partial charge is 0.269 e. The highest BCUT2D eigenvalue weighted by atomic mass is 16.5. The minimum atomic E-state index is -0.216. The van der Waals surface area contributed by atoms with Gasteiger partial charge in [0.25, 0.3) is 5.91 Å². The van der Waals surface area contributed by atoms with E-state index < -0.39 is 0 Å². The summed E-state index contributed by atoms with van der Waals surface area (Å²) >= 11 is 0. The van der Waals surface area contributed by atoms with E-state index in [0.29, 0.717) is 31.3 Å². The number of methoxy groups -OCH3 is 1. The first-order valence-electron chi connectivity index (χ1n) is 5.96. The highest BCUT2D eigenvalue weighted by molar-refractivity contribution is 5.92. The summed E-state index contributed by atoms with van der Waals surface area (Å²) in [5.41, 5.74) is 6.09. The summed E-state index contributed by atoms with van der Waals surface area (Å²) in [6.07, 6.45) is 1.52. The number of ether oxygens (including phenoxy) is 1. The minimum absolute atomic E-state index is 0.0911. The third kappa shape index (κ3) is 5.87. The standard InChI is InChI=1S/C11H20N6O2/c1-8(7-19-2)16-11(12)14-6-5-13-10(18)9-3-4-15-17-9/h3-4,8H,5-7H2,1-2H3,(H,13,18)(H,15,17)(H3,12,14,16). The molecule has 0 aliphatic rings. The van der Waals surface area contributed by atoms with Gasteiger partial charge in [-0.1, -0.05) is 0 Å². The van der Waals surface area contributed by atoms with E-state index in [9.17, 15) is 4.79 Å². The van der Waals surface area contributed by atoms with Crippen molar-refractivity contribution in [3.63, 3.8) is 0 Å². The van der Waals surface area contributed by atoms with E-state index in [2.05, 4.69) is 25.8 Å². The van der Waals surface area contributed by atoms with E-state index in [4.69, 9.17) is 10.5 Å². The Bertz CT molecular complexity index is 403. The summed E-state index contributed by atoms with van der Waals surface area (Å²) in [7, 11) is 1.62. The zero-order chi connectivity index (χ0) is 14.1. The lowest BCUT2D eigenvalue weighted by Gasteiger charge is -2.13. The number of guanidine groups is 1. The second kappa shape index (κ2) is 8.09. The summed E-state index contributed by atoms with van der Waals surface area (Å²) in [5.74, 6) is 0.118. The van der Waals surface area contributed by atoms with Gasteiger partial charge in [-0.25, -0.2) is 0 Å². The molecule has 1 aromatic rings. The molecule has 0 aliphatic carbocycles. The average Bonchev–Trinajstić information content (AvgIpc) is 2.88. The van der Waals surface area contributed by atoms with Gasteiger partial charge in [0.15, 0.2) is 5.96 Å². The van der Waals surface area contributed by atoms with Crippen LogP contribution in [0.1, 0.15) is 17.4 Å². The molecule has 1 amide bonds. The Morgan fingerprint density at radius 3 is 3.11 bits per heavy atom. The van der Waals surface area contributed by atoms with Crippen molar-refractivity contribution in [3.05, 3.63) is 18.0 Å². The van der Waals surface area contributed by atoms with Crippen molar-refractivity contribution in [3.8, 4) is 0 Å². The van der Waals surface area contributed by atoms with Gasteiger partial charge in [0.1, 0.15) is 5.69 Å². The van der Waals surface area contributed by atoms with Crippen LogP contribution >= 0.6 is 0 Å². The van der Waals surface area contributed by atoms with Gasteiger partial charge in [-0.15, -0.1) is 0 Å². The van der Waals surface area contributed by atoms with Gasteiger partial charge in [0.2, 0.25) is 0 Å². The number of hydrogen-bond acceptors (Lipinski definition) is 4. The Morgan fingerprint density at radius 1 is 1.68 bits per heavy atom. The third-order valence-corrected chi connectivity index (χ3v) is 2.24. The Hall–Kier alpha value is -2.09. The predicted octanol–water partition coefficient (Wildman–Crippen LogP) is -0.921. The van der Waals surface area contributed by atoms with Gasteiger partial charge in [-0.2, -0.15) is 5.10 Å². The zero-order valence-corrected chi connectivity index (χ0v) is 11.1. The number of rotatable bonds is 7. The number of carbonyl (C=O) groups is 1. The van der Waals surface area contributed by atoms with Gasteiger partial charge < -0.3 is 21.1 Å². The fourth-order valence-electron chi connectivity index (χ4n) is 1.41. The van der Waals surface area contributed by atoms with Crippen LogP contribution in [-0.2, 0) is 4.74 Å². The first-order chi connectivity index (χ1) is 9.13. The maximum atomic E-state index is 11.5. The van der Waals surface area contributed by atoms with Crippen LogP contribution in [-0.4, -0.2) is 54.9 Å². The summed E-state index contributed by atoms with van der Waals surface area (Å²) in [6.45, 7) is 3.29. The highest BCUT2D eigenvalue weighted by Gasteiger charge is 2.05. The van der Waals surface area contributed by atoms with Crippen molar-refractivity contribution in [2.75, 3.05) is 26.8 Å². The molecule has 0 radical (unpaired) electrons. The van der Waals surface area contributed by atoms with E-state index in [1.807, 2.05) is 6.92 Å². The molecule has 0 spiro atoms. The van der Waals surface area contributed by atoms with Crippen molar-refractivity contribution in [2.24, 2.45) is 10.7 Å². The Balaban J connectivity index is 2.20. The molecule has 1 heterocycles. The monoisotopic (exact) mass is 268 g/mol. The quantitative estimate of drug-likeness (QED) is 0.290. The number of aliphatic imine (C=N–C) groups is 1. The van der Waals surface area contributed by atoms with E-state index in [1.165, 1.54) is 6.20 Å². The highest BCUT2D eigenvalue weighted by Crippen LogP contribution is 1.89. The Kier molecular flexibility index (Phi) is 6.37. The molecule has 106 valence electrons. The lowest BCUT2D eigenvalue weighted by molar-refractivity contribution is 0.0950. The number of carbonyl (C=O) groups excluding carboxylic acids is 1. The van der Waals surface area contributed by atoms with Crippen LogP contribution in [0.3, 0.4) is 0 Å². The number of aromatic amines is 1. The lowest BCUT2D eigenvalue weighted by atomic mass is 10.4. The predicted molar refractivity (Wildman–Crippen MR) is 71.9 cm³/mol. The van der Waals surface area contributed by atoms with Crippen LogP contribution in [0.15, 0.2) is 17.3 Å². The number of hydrogen-bond donors (Lipinski definition) is 4. The van der Waals surface area contributed by atoms with Crippen molar-refractivity contribution in [1.82, 2.24) is 20.8 Å². The summed E-state index contributed by atoms with van der Waals surface area (Å²) in [5, 5.41) is 11.9. The molecule has 0 fully saturated rings. The third-order valence-electron chi connectivity index (χ3n) is 2.24. The van der Waals surface area contributed by atoms with Gasteiger partial charge in [-0.3, -0.25) is 14.9 Å². The second-order valence-electron chi connectivity index (χ2n) is 3.99. The lowest BCUT2D eigenvalue weighted by Crippen LogP contribution is -2.41. The normalized spacial score (nSPS) is 13.1. The summed E-state index contributed by atoms with van der Waals surface area (Å²) in [4.78, 5) is 15.6. The molecular formula is C11H20N6O2. The number of nitrogens with zero attached hydrogens (tertiary/aromatic N) is 2. The fourth-order valence-corrected chi connectivity index (χ4v) is 1.41. The van der Waals surface area contributed by atoms with Crippen LogP contribution in [0.5, 0.6) is 0 Å². The Morgan fingerprint density at radius 2 is 2.47 bits per heavy atom.